The Kier molecular flexibility index (Phi) is 6.65. The molecule has 1 aliphatic carbocycles. The van der Waals surface area contributed by atoms with Crippen LogP contribution in [0.5, 0.6) is 0 Å². The second kappa shape index (κ2) is 9.62. The number of carboxylic acids is 1. The van der Waals surface area contributed by atoms with Gasteiger partial charge in [-0.05, 0) is 42.0 Å². The zero-order valence-electron chi connectivity index (χ0n) is 18.7. The highest BCUT2D eigenvalue weighted by molar-refractivity contribution is 5.90. The predicted molar refractivity (Wildman–Crippen MR) is 121 cm³/mol. The van der Waals surface area contributed by atoms with E-state index >= 15 is 0 Å². The molecule has 3 atom stereocenters. The van der Waals surface area contributed by atoms with Crippen LogP contribution in [-0.4, -0.2) is 66.4 Å². The Morgan fingerprint density at radius 3 is 2.27 bits per heavy atom. The predicted octanol–water partition coefficient (Wildman–Crippen LogP) is 3.00. The molecule has 8 nitrogen and oxygen atoms in total. The highest BCUT2D eigenvalue weighted by atomic mass is 16.5. The zero-order valence-corrected chi connectivity index (χ0v) is 18.7. The van der Waals surface area contributed by atoms with Crippen molar-refractivity contribution in [3.05, 3.63) is 59.7 Å². The standard InChI is InChI=1S/C25H28N2O6/c1-15(32-2)22(23(28)27-13-7-12-21(27)24(29)30)26-25(31)33-14-20-18-10-5-3-8-16(18)17-9-4-6-11-19(17)20/h3-6,8-11,15,20-22H,7,12-14H2,1-2H3,(H,26,31)(H,29,30)/t15-,21-,22+/m1/s1. The SMILES string of the molecule is CO[C@H](C)[C@H](NC(=O)OCC1c2ccccc2-c2ccccc21)C(=O)N1CCC[C@@H]1C(=O)O. The first-order valence-electron chi connectivity index (χ1n) is 11.1. The van der Waals surface area contributed by atoms with E-state index in [0.717, 1.165) is 22.3 Å². The highest BCUT2D eigenvalue weighted by Gasteiger charge is 2.40. The number of aliphatic carboxylic acids is 1. The Bertz CT molecular complexity index is 1010. The molecule has 33 heavy (non-hydrogen) atoms. The summed E-state index contributed by atoms with van der Waals surface area (Å²) in [7, 11) is 1.43. The molecule has 0 saturated carbocycles. The fourth-order valence-electron chi connectivity index (χ4n) is 4.75. The number of likely N-dealkylation sites (tertiary alicyclic amines) is 1. The summed E-state index contributed by atoms with van der Waals surface area (Å²) in [6, 6.07) is 14.1. The number of rotatable bonds is 7. The molecule has 2 aromatic rings. The second-order valence-electron chi connectivity index (χ2n) is 8.42. The van der Waals surface area contributed by atoms with E-state index in [9.17, 15) is 19.5 Å². The molecule has 174 valence electrons. The number of ether oxygens (including phenoxy) is 2. The molecule has 0 radical (unpaired) electrons. The lowest BCUT2D eigenvalue weighted by atomic mass is 9.98. The molecule has 2 amide bonds. The first-order valence-corrected chi connectivity index (χ1v) is 11.1. The fourth-order valence-corrected chi connectivity index (χ4v) is 4.75. The molecule has 8 heteroatoms. The van der Waals surface area contributed by atoms with E-state index in [2.05, 4.69) is 17.4 Å². The van der Waals surface area contributed by atoms with Crippen LogP contribution in [0.3, 0.4) is 0 Å². The fraction of sp³-hybridized carbons (Fsp3) is 0.400. The van der Waals surface area contributed by atoms with Crippen LogP contribution in [0.1, 0.15) is 36.8 Å². The van der Waals surface area contributed by atoms with Gasteiger partial charge in [0.2, 0.25) is 5.91 Å². The number of methoxy groups -OCH3 is 1. The molecule has 0 aromatic heterocycles. The van der Waals surface area contributed by atoms with Crippen molar-refractivity contribution in [3.63, 3.8) is 0 Å². The molecule has 1 saturated heterocycles. The van der Waals surface area contributed by atoms with Crippen LogP contribution in [0.2, 0.25) is 0 Å². The smallest absolute Gasteiger partial charge is 0.407 e. The summed E-state index contributed by atoms with van der Waals surface area (Å²) in [6.07, 6.45) is -0.417. The van der Waals surface area contributed by atoms with Crippen LogP contribution in [-0.2, 0) is 19.1 Å². The average Bonchev–Trinajstić information content (AvgIpc) is 3.44. The van der Waals surface area contributed by atoms with Gasteiger partial charge in [0.1, 0.15) is 18.7 Å². The number of benzene rings is 2. The Morgan fingerprint density at radius 1 is 1.09 bits per heavy atom. The van der Waals surface area contributed by atoms with Crippen LogP contribution in [0.25, 0.3) is 11.1 Å². The molecule has 4 rings (SSSR count). The van der Waals surface area contributed by atoms with Crippen molar-refractivity contribution in [1.82, 2.24) is 10.2 Å². The number of amides is 2. The van der Waals surface area contributed by atoms with Gasteiger partial charge in [0.25, 0.3) is 0 Å². The average molecular weight is 453 g/mol. The monoisotopic (exact) mass is 452 g/mol. The first-order chi connectivity index (χ1) is 15.9. The minimum atomic E-state index is -1.05. The Hall–Kier alpha value is -3.39. The quantitative estimate of drug-likeness (QED) is 0.669. The molecule has 2 N–H and O–H groups in total. The van der Waals surface area contributed by atoms with E-state index in [1.165, 1.54) is 12.0 Å². The molecule has 2 aromatic carbocycles. The number of alkyl carbamates (subject to hydrolysis) is 1. The Balaban J connectivity index is 1.46. The van der Waals surface area contributed by atoms with Crippen molar-refractivity contribution >= 4 is 18.0 Å². The largest absolute Gasteiger partial charge is 0.480 e. The zero-order chi connectivity index (χ0) is 23.5. The van der Waals surface area contributed by atoms with Gasteiger partial charge in [-0.1, -0.05) is 48.5 Å². The third-order valence-corrected chi connectivity index (χ3v) is 6.55. The molecule has 2 aliphatic rings. The minimum absolute atomic E-state index is 0.105. The summed E-state index contributed by atoms with van der Waals surface area (Å²) >= 11 is 0. The van der Waals surface area contributed by atoms with Crippen LogP contribution in [0, 0.1) is 0 Å². The van der Waals surface area contributed by atoms with E-state index in [-0.39, 0.29) is 12.5 Å². The van der Waals surface area contributed by atoms with Crippen LogP contribution < -0.4 is 5.32 Å². The number of carbonyl (C=O) groups excluding carboxylic acids is 2. The summed E-state index contributed by atoms with van der Waals surface area (Å²) in [4.78, 5) is 38.6. The van der Waals surface area contributed by atoms with Crippen molar-refractivity contribution in [2.24, 2.45) is 0 Å². The van der Waals surface area contributed by atoms with Gasteiger partial charge in [0.15, 0.2) is 0 Å². The topological polar surface area (TPSA) is 105 Å². The van der Waals surface area contributed by atoms with Crippen molar-refractivity contribution in [1.29, 1.82) is 0 Å². The number of fused-ring (bicyclic) bond motifs is 3. The molecule has 0 bridgehead atoms. The van der Waals surface area contributed by atoms with Crippen molar-refractivity contribution < 1.29 is 29.0 Å². The number of nitrogens with one attached hydrogen (secondary N) is 1. The Morgan fingerprint density at radius 2 is 1.70 bits per heavy atom. The van der Waals surface area contributed by atoms with Gasteiger partial charge in [-0.15, -0.1) is 0 Å². The lowest BCUT2D eigenvalue weighted by molar-refractivity contribution is -0.150. The molecule has 1 heterocycles. The number of carbonyl (C=O) groups is 3. The minimum Gasteiger partial charge on any atom is -0.480 e. The lowest BCUT2D eigenvalue weighted by Gasteiger charge is -2.29. The molecular weight excluding hydrogens is 424 g/mol. The van der Waals surface area contributed by atoms with E-state index < -0.39 is 36.2 Å². The van der Waals surface area contributed by atoms with E-state index in [4.69, 9.17) is 9.47 Å². The first kappa shape index (κ1) is 22.8. The number of nitrogens with zero attached hydrogens (tertiary/aromatic N) is 1. The van der Waals surface area contributed by atoms with Gasteiger partial charge in [-0.25, -0.2) is 9.59 Å². The van der Waals surface area contributed by atoms with Crippen LogP contribution in [0.15, 0.2) is 48.5 Å². The third-order valence-electron chi connectivity index (χ3n) is 6.55. The maximum atomic E-state index is 13.1. The summed E-state index contributed by atoms with van der Waals surface area (Å²) in [6.45, 7) is 2.09. The van der Waals surface area contributed by atoms with Gasteiger partial charge in [-0.2, -0.15) is 0 Å². The van der Waals surface area contributed by atoms with Gasteiger partial charge < -0.3 is 24.8 Å². The molecule has 1 aliphatic heterocycles. The number of hydrogen-bond acceptors (Lipinski definition) is 5. The van der Waals surface area contributed by atoms with Gasteiger partial charge in [0, 0.05) is 19.6 Å². The lowest BCUT2D eigenvalue weighted by Crippen LogP contribution is -2.56. The number of hydrogen-bond donors (Lipinski definition) is 2. The van der Waals surface area contributed by atoms with Gasteiger partial charge in [-0.3, -0.25) is 4.79 Å². The van der Waals surface area contributed by atoms with Crippen LogP contribution in [0.4, 0.5) is 4.79 Å². The molecular formula is C25H28N2O6. The van der Waals surface area contributed by atoms with E-state index in [1.54, 1.807) is 6.92 Å². The summed E-state index contributed by atoms with van der Waals surface area (Å²) in [5, 5.41) is 12.0. The Labute approximate surface area is 192 Å². The van der Waals surface area contributed by atoms with E-state index in [1.807, 2.05) is 36.4 Å². The summed E-state index contributed by atoms with van der Waals surface area (Å²) in [5.74, 6) is -1.64. The molecule has 0 spiro atoms. The third kappa shape index (κ3) is 4.43. The number of carboxylic acid groups (broad SMARTS) is 1. The maximum Gasteiger partial charge on any atom is 0.407 e. The normalized spacial score (nSPS) is 18.8. The maximum absolute atomic E-state index is 13.1. The van der Waals surface area contributed by atoms with Crippen LogP contribution >= 0.6 is 0 Å². The van der Waals surface area contributed by atoms with Gasteiger partial charge in [0.05, 0.1) is 6.10 Å². The molecule has 1 fully saturated rings. The van der Waals surface area contributed by atoms with Crippen molar-refractivity contribution in [3.8, 4) is 11.1 Å². The summed E-state index contributed by atoms with van der Waals surface area (Å²) in [5.41, 5.74) is 4.42. The van der Waals surface area contributed by atoms with E-state index in [0.29, 0.717) is 19.4 Å². The highest BCUT2D eigenvalue weighted by Crippen LogP contribution is 2.44. The van der Waals surface area contributed by atoms with Crippen molar-refractivity contribution in [2.45, 2.75) is 43.9 Å². The summed E-state index contributed by atoms with van der Waals surface area (Å²) < 4.78 is 10.9. The second-order valence-corrected chi connectivity index (χ2v) is 8.42. The van der Waals surface area contributed by atoms with Crippen molar-refractivity contribution in [2.75, 3.05) is 20.3 Å². The van der Waals surface area contributed by atoms with Gasteiger partial charge >= 0.3 is 12.1 Å². The molecule has 0 unspecified atom stereocenters.